The van der Waals surface area contributed by atoms with Gasteiger partial charge in [-0.15, -0.1) is 11.6 Å². The normalized spacial score (nSPS) is 10.3. The van der Waals surface area contributed by atoms with Crippen molar-refractivity contribution in [2.45, 2.75) is 12.8 Å². The molecule has 0 unspecified atom stereocenters. The first-order chi connectivity index (χ1) is 9.22. The van der Waals surface area contributed by atoms with E-state index in [-0.39, 0.29) is 5.88 Å². The first-order valence-corrected chi connectivity index (χ1v) is 6.37. The van der Waals surface area contributed by atoms with Gasteiger partial charge < -0.3 is 9.47 Å². The van der Waals surface area contributed by atoms with E-state index in [0.29, 0.717) is 23.8 Å². The highest BCUT2D eigenvalue weighted by Crippen LogP contribution is 2.26. The average molecular weight is 282 g/mol. The zero-order valence-corrected chi connectivity index (χ0v) is 11.2. The Kier molecular flexibility index (Phi) is 4.58. The Labute approximate surface area is 115 Å². The van der Waals surface area contributed by atoms with Crippen molar-refractivity contribution in [1.29, 1.82) is 0 Å². The van der Waals surface area contributed by atoms with Gasteiger partial charge in [0.25, 0.3) is 0 Å². The van der Waals surface area contributed by atoms with Crippen LogP contribution in [0.15, 0.2) is 36.5 Å². The smallest absolute Gasteiger partial charge is 0.223 e. The first-order valence-electron chi connectivity index (χ1n) is 5.84. The monoisotopic (exact) mass is 281 g/mol. The minimum Gasteiger partial charge on any atom is -0.494 e. The number of hydrogen-bond donors (Lipinski definition) is 0. The van der Waals surface area contributed by atoms with E-state index in [9.17, 15) is 4.39 Å². The molecule has 5 heteroatoms. The molecule has 0 bridgehead atoms. The fraction of sp³-hybridized carbons (Fsp3) is 0.214. The molecule has 1 aromatic heterocycles. The van der Waals surface area contributed by atoms with E-state index in [1.54, 1.807) is 24.3 Å². The maximum absolute atomic E-state index is 13.0. The molecule has 0 amide bonds. The summed E-state index contributed by atoms with van der Waals surface area (Å²) in [5.41, 5.74) is 0.510. The van der Waals surface area contributed by atoms with Crippen LogP contribution in [0.25, 0.3) is 0 Å². The molecular weight excluding hydrogens is 269 g/mol. The van der Waals surface area contributed by atoms with Crippen molar-refractivity contribution in [2.75, 3.05) is 6.61 Å². The Morgan fingerprint density at radius 2 is 1.89 bits per heavy atom. The predicted molar refractivity (Wildman–Crippen MR) is 71.4 cm³/mol. The van der Waals surface area contributed by atoms with Crippen molar-refractivity contribution in [2.24, 2.45) is 0 Å². The molecule has 100 valence electrons. The molecule has 2 aromatic rings. The highest BCUT2D eigenvalue weighted by Gasteiger charge is 2.07. The Morgan fingerprint density at radius 3 is 2.53 bits per heavy atom. The van der Waals surface area contributed by atoms with Crippen LogP contribution in [-0.4, -0.2) is 11.6 Å². The van der Waals surface area contributed by atoms with Crippen LogP contribution in [0, 0.1) is 5.82 Å². The average Bonchev–Trinajstić information content (AvgIpc) is 2.43. The number of hydrogen-bond acceptors (Lipinski definition) is 3. The van der Waals surface area contributed by atoms with E-state index in [1.807, 2.05) is 6.92 Å². The summed E-state index contributed by atoms with van der Waals surface area (Å²) >= 11 is 5.73. The number of aromatic nitrogens is 1. The van der Waals surface area contributed by atoms with Gasteiger partial charge in [0, 0.05) is 5.56 Å². The molecule has 0 N–H and O–H groups in total. The molecule has 0 radical (unpaired) electrons. The largest absolute Gasteiger partial charge is 0.494 e. The number of ether oxygens (including phenoxy) is 2. The number of rotatable bonds is 5. The number of nitrogens with zero attached hydrogens (tertiary/aromatic N) is 1. The van der Waals surface area contributed by atoms with Crippen molar-refractivity contribution < 1.29 is 13.9 Å². The fourth-order valence-electron chi connectivity index (χ4n) is 1.54. The topological polar surface area (TPSA) is 31.4 Å². The lowest BCUT2D eigenvalue weighted by molar-refractivity contribution is 0.339. The number of halogens is 2. The van der Waals surface area contributed by atoms with E-state index in [1.165, 1.54) is 6.07 Å². The molecule has 0 aliphatic heterocycles. The second-order valence-corrected chi connectivity index (χ2v) is 4.03. The molecule has 0 spiro atoms. The van der Waals surface area contributed by atoms with Crippen molar-refractivity contribution >= 4 is 11.6 Å². The molecule has 2 rings (SSSR count). The van der Waals surface area contributed by atoms with Crippen LogP contribution in [0.4, 0.5) is 4.39 Å². The Hall–Kier alpha value is -1.81. The van der Waals surface area contributed by atoms with Crippen molar-refractivity contribution in [1.82, 2.24) is 4.98 Å². The van der Waals surface area contributed by atoms with Gasteiger partial charge in [0.2, 0.25) is 5.88 Å². The Balaban J connectivity index is 2.16. The molecule has 1 heterocycles. The lowest BCUT2D eigenvalue weighted by Crippen LogP contribution is -1.95. The lowest BCUT2D eigenvalue weighted by atomic mass is 10.3. The molecule has 19 heavy (non-hydrogen) atoms. The third kappa shape index (κ3) is 3.58. The van der Waals surface area contributed by atoms with E-state index in [4.69, 9.17) is 21.1 Å². The molecular formula is C14H13ClFNO2. The Bertz CT molecular complexity index is 546. The van der Waals surface area contributed by atoms with Crippen LogP contribution in [0.3, 0.4) is 0 Å². The molecule has 0 saturated heterocycles. The highest BCUT2D eigenvalue weighted by atomic mass is 35.5. The third-order valence-electron chi connectivity index (χ3n) is 2.39. The van der Waals surface area contributed by atoms with Gasteiger partial charge in [-0.25, -0.2) is 9.37 Å². The number of benzene rings is 1. The minimum absolute atomic E-state index is 0.136. The molecule has 0 aliphatic carbocycles. The van der Waals surface area contributed by atoms with Gasteiger partial charge in [-0.05, 0) is 37.3 Å². The summed E-state index contributed by atoms with van der Waals surface area (Å²) in [7, 11) is 0. The number of pyridine rings is 1. The van der Waals surface area contributed by atoms with Gasteiger partial charge in [-0.1, -0.05) is 0 Å². The maximum Gasteiger partial charge on any atom is 0.223 e. The van der Waals surface area contributed by atoms with E-state index < -0.39 is 5.82 Å². The summed E-state index contributed by atoms with van der Waals surface area (Å²) in [5.74, 6) is 1.36. The quantitative estimate of drug-likeness (QED) is 0.772. The zero-order valence-electron chi connectivity index (χ0n) is 10.4. The SMILES string of the molecule is CCOc1ccc(Oc2ncc(F)cc2CCl)cc1. The van der Waals surface area contributed by atoms with Crippen molar-refractivity contribution in [3.05, 3.63) is 47.9 Å². The van der Waals surface area contributed by atoms with Crippen LogP contribution in [0.5, 0.6) is 17.4 Å². The third-order valence-corrected chi connectivity index (χ3v) is 2.67. The zero-order chi connectivity index (χ0) is 13.7. The molecule has 0 saturated carbocycles. The predicted octanol–water partition coefficient (Wildman–Crippen LogP) is 4.15. The Morgan fingerprint density at radius 1 is 1.21 bits per heavy atom. The summed E-state index contributed by atoms with van der Waals surface area (Å²) in [4.78, 5) is 3.89. The summed E-state index contributed by atoms with van der Waals surface area (Å²) in [6.45, 7) is 2.52. The van der Waals surface area contributed by atoms with Gasteiger partial charge in [-0.3, -0.25) is 0 Å². The molecule has 3 nitrogen and oxygen atoms in total. The van der Waals surface area contributed by atoms with Gasteiger partial charge in [0.15, 0.2) is 0 Å². The summed E-state index contributed by atoms with van der Waals surface area (Å²) < 4.78 is 23.9. The molecule has 1 aromatic carbocycles. The van der Waals surface area contributed by atoms with Gasteiger partial charge >= 0.3 is 0 Å². The number of alkyl halides is 1. The van der Waals surface area contributed by atoms with Gasteiger partial charge in [0.1, 0.15) is 17.3 Å². The fourth-order valence-corrected chi connectivity index (χ4v) is 1.73. The van der Waals surface area contributed by atoms with Crippen LogP contribution >= 0.6 is 11.6 Å². The minimum atomic E-state index is -0.435. The van der Waals surface area contributed by atoms with Crippen LogP contribution in [0.1, 0.15) is 12.5 Å². The van der Waals surface area contributed by atoms with E-state index >= 15 is 0 Å². The standard InChI is InChI=1S/C14H13ClFNO2/c1-2-18-12-3-5-13(6-4-12)19-14-10(8-15)7-11(16)9-17-14/h3-7,9H,2,8H2,1H3. The van der Waals surface area contributed by atoms with Gasteiger partial charge in [0.05, 0.1) is 18.7 Å². The van der Waals surface area contributed by atoms with Crippen LogP contribution in [0.2, 0.25) is 0 Å². The van der Waals surface area contributed by atoms with Crippen molar-refractivity contribution in [3.8, 4) is 17.4 Å². The summed E-state index contributed by atoms with van der Waals surface area (Å²) in [6.07, 6.45) is 1.10. The van der Waals surface area contributed by atoms with Gasteiger partial charge in [-0.2, -0.15) is 0 Å². The van der Waals surface area contributed by atoms with Crippen molar-refractivity contribution in [3.63, 3.8) is 0 Å². The maximum atomic E-state index is 13.0. The lowest BCUT2D eigenvalue weighted by Gasteiger charge is -2.09. The van der Waals surface area contributed by atoms with Crippen LogP contribution in [-0.2, 0) is 5.88 Å². The second-order valence-electron chi connectivity index (χ2n) is 3.76. The highest BCUT2D eigenvalue weighted by molar-refractivity contribution is 6.17. The second kappa shape index (κ2) is 6.38. The van der Waals surface area contributed by atoms with E-state index in [0.717, 1.165) is 11.9 Å². The van der Waals surface area contributed by atoms with Crippen LogP contribution < -0.4 is 9.47 Å². The summed E-state index contributed by atoms with van der Waals surface area (Å²) in [6, 6.07) is 8.41. The molecule has 0 atom stereocenters. The summed E-state index contributed by atoms with van der Waals surface area (Å²) in [5, 5.41) is 0. The molecule has 0 aliphatic rings. The first kappa shape index (κ1) is 13.6. The molecule has 0 fully saturated rings. The van der Waals surface area contributed by atoms with E-state index in [2.05, 4.69) is 4.98 Å².